The van der Waals surface area contributed by atoms with Crippen molar-refractivity contribution in [3.63, 3.8) is 0 Å². The summed E-state index contributed by atoms with van der Waals surface area (Å²) in [4.78, 5) is 7.40. The van der Waals surface area contributed by atoms with Gasteiger partial charge in [-0.05, 0) is 70.8 Å². The van der Waals surface area contributed by atoms with E-state index in [4.69, 9.17) is 9.73 Å². The third-order valence-corrected chi connectivity index (χ3v) is 6.33. The Morgan fingerprint density at radius 3 is 2.44 bits per heavy atom. The molecule has 32 heavy (non-hydrogen) atoms. The van der Waals surface area contributed by atoms with Gasteiger partial charge in [-0.1, -0.05) is 18.6 Å². The van der Waals surface area contributed by atoms with E-state index in [1.54, 1.807) is 7.11 Å². The molecular weight excluding hydrogens is 402 g/mol. The molecule has 2 heterocycles. The molecule has 0 aliphatic carbocycles. The predicted molar refractivity (Wildman–Crippen MR) is 129 cm³/mol. The highest BCUT2D eigenvalue weighted by molar-refractivity contribution is 5.79. The van der Waals surface area contributed by atoms with E-state index >= 15 is 0 Å². The van der Waals surface area contributed by atoms with Gasteiger partial charge in [-0.3, -0.25) is 4.90 Å². The van der Waals surface area contributed by atoms with E-state index in [0.717, 1.165) is 42.9 Å². The van der Waals surface area contributed by atoms with Crippen molar-refractivity contribution in [3.8, 4) is 5.75 Å². The number of benzene rings is 1. The summed E-state index contributed by atoms with van der Waals surface area (Å²) in [7, 11) is 3.67. The summed E-state index contributed by atoms with van der Waals surface area (Å²) in [5.74, 6) is 3.44. The molecule has 0 amide bonds. The van der Waals surface area contributed by atoms with E-state index in [0.29, 0.717) is 6.54 Å². The van der Waals surface area contributed by atoms with Crippen LogP contribution in [0.15, 0.2) is 29.3 Å². The zero-order valence-corrected chi connectivity index (χ0v) is 20.3. The molecule has 0 radical (unpaired) electrons. The zero-order valence-electron chi connectivity index (χ0n) is 20.3. The third kappa shape index (κ3) is 6.69. The number of likely N-dealkylation sites (tertiary alicyclic amines) is 1. The molecule has 0 bridgehead atoms. The van der Waals surface area contributed by atoms with Crippen molar-refractivity contribution in [1.29, 1.82) is 0 Å². The maximum absolute atomic E-state index is 5.25. The summed E-state index contributed by atoms with van der Waals surface area (Å²) >= 11 is 0. The Labute approximate surface area is 192 Å². The van der Waals surface area contributed by atoms with Crippen LogP contribution in [-0.4, -0.2) is 64.5 Å². The Morgan fingerprint density at radius 2 is 1.81 bits per heavy atom. The van der Waals surface area contributed by atoms with Crippen LogP contribution in [0, 0.1) is 6.92 Å². The Bertz CT molecular complexity index is 867. The summed E-state index contributed by atoms with van der Waals surface area (Å²) in [6.07, 6.45) is 4.83. The Morgan fingerprint density at radius 1 is 1.09 bits per heavy atom. The first-order chi connectivity index (χ1) is 15.4. The van der Waals surface area contributed by atoms with Gasteiger partial charge in [0.1, 0.15) is 18.1 Å². The van der Waals surface area contributed by atoms with E-state index in [-0.39, 0.29) is 5.54 Å². The van der Waals surface area contributed by atoms with E-state index in [1.807, 2.05) is 30.7 Å². The average molecular weight is 442 g/mol. The summed E-state index contributed by atoms with van der Waals surface area (Å²) in [6, 6.07) is 8.21. The number of aliphatic imine (C=N–C) groups is 1. The van der Waals surface area contributed by atoms with Gasteiger partial charge in [-0.25, -0.2) is 4.99 Å². The third-order valence-electron chi connectivity index (χ3n) is 6.33. The van der Waals surface area contributed by atoms with E-state index in [2.05, 4.69) is 51.7 Å². The number of hydrogen-bond acceptors (Lipinski definition) is 5. The number of nitrogens with zero attached hydrogens (tertiary/aromatic N) is 5. The van der Waals surface area contributed by atoms with Gasteiger partial charge in [-0.15, -0.1) is 10.2 Å². The monoisotopic (exact) mass is 441 g/mol. The minimum absolute atomic E-state index is 0.0697. The molecule has 8 heteroatoms. The molecular formula is C24H39N7O. The molecule has 1 fully saturated rings. The number of methoxy groups -OCH3 is 1. The number of piperidine rings is 1. The second kappa shape index (κ2) is 11.3. The van der Waals surface area contributed by atoms with Crippen LogP contribution in [0.5, 0.6) is 5.75 Å². The van der Waals surface area contributed by atoms with E-state index in [9.17, 15) is 0 Å². The lowest BCUT2D eigenvalue weighted by molar-refractivity contribution is 0.0982. The SMILES string of the molecule is COc1ccc(CCNC(=NCc2nnc(C)n2C)NCC(C)(C)N2CCCCC2)cc1. The van der Waals surface area contributed by atoms with Gasteiger partial charge < -0.3 is 19.9 Å². The molecule has 1 aliphatic rings. The first kappa shape index (κ1) is 24.0. The molecule has 1 saturated heterocycles. The number of rotatable bonds is 9. The molecule has 176 valence electrons. The Balaban J connectivity index is 1.61. The van der Waals surface area contributed by atoms with Crippen molar-refractivity contribution in [2.75, 3.05) is 33.3 Å². The van der Waals surface area contributed by atoms with Crippen LogP contribution >= 0.6 is 0 Å². The summed E-state index contributed by atoms with van der Waals surface area (Å²) in [5, 5.41) is 15.5. The van der Waals surface area contributed by atoms with Gasteiger partial charge in [0.05, 0.1) is 7.11 Å². The van der Waals surface area contributed by atoms with Gasteiger partial charge in [0.15, 0.2) is 11.8 Å². The highest BCUT2D eigenvalue weighted by atomic mass is 16.5. The van der Waals surface area contributed by atoms with Gasteiger partial charge in [-0.2, -0.15) is 0 Å². The topological polar surface area (TPSA) is 79.6 Å². The fraction of sp³-hybridized carbons (Fsp3) is 0.625. The smallest absolute Gasteiger partial charge is 0.191 e. The largest absolute Gasteiger partial charge is 0.497 e. The quantitative estimate of drug-likeness (QED) is 0.460. The molecule has 0 unspecified atom stereocenters. The molecule has 0 saturated carbocycles. The van der Waals surface area contributed by atoms with Crippen LogP contribution in [0.1, 0.15) is 50.3 Å². The molecule has 2 aromatic rings. The fourth-order valence-corrected chi connectivity index (χ4v) is 3.94. The Hall–Kier alpha value is -2.61. The lowest BCUT2D eigenvalue weighted by Crippen LogP contribution is -2.55. The average Bonchev–Trinajstić information content (AvgIpc) is 3.13. The lowest BCUT2D eigenvalue weighted by atomic mass is 9.98. The maximum atomic E-state index is 5.25. The van der Waals surface area contributed by atoms with Crippen molar-refractivity contribution >= 4 is 5.96 Å². The maximum Gasteiger partial charge on any atom is 0.191 e. The van der Waals surface area contributed by atoms with Gasteiger partial charge >= 0.3 is 0 Å². The molecule has 3 rings (SSSR count). The van der Waals surface area contributed by atoms with Crippen molar-refractivity contribution in [1.82, 2.24) is 30.3 Å². The van der Waals surface area contributed by atoms with Gasteiger partial charge in [0.25, 0.3) is 0 Å². The van der Waals surface area contributed by atoms with Gasteiger partial charge in [0, 0.05) is 25.7 Å². The number of aromatic nitrogens is 3. The second-order valence-corrected chi connectivity index (χ2v) is 9.13. The van der Waals surface area contributed by atoms with Crippen LogP contribution in [0.2, 0.25) is 0 Å². The fourth-order valence-electron chi connectivity index (χ4n) is 3.94. The summed E-state index contributed by atoms with van der Waals surface area (Å²) < 4.78 is 7.23. The normalized spacial score (nSPS) is 15.6. The molecule has 1 aromatic carbocycles. The number of ether oxygens (including phenoxy) is 1. The highest BCUT2D eigenvalue weighted by Crippen LogP contribution is 2.19. The van der Waals surface area contributed by atoms with Crippen LogP contribution in [0.25, 0.3) is 0 Å². The number of hydrogen-bond donors (Lipinski definition) is 2. The van der Waals surface area contributed by atoms with Crippen LogP contribution in [-0.2, 0) is 20.0 Å². The molecule has 0 atom stereocenters. The number of guanidine groups is 1. The van der Waals surface area contributed by atoms with Crippen LogP contribution < -0.4 is 15.4 Å². The number of nitrogens with one attached hydrogen (secondary N) is 2. The molecule has 0 spiro atoms. The Kier molecular flexibility index (Phi) is 8.50. The van der Waals surface area contributed by atoms with E-state index in [1.165, 1.54) is 37.9 Å². The molecule has 2 N–H and O–H groups in total. The minimum atomic E-state index is 0.0697. The van der Waals surface area contributed by atoms with Crippen molar-refractivity contribution < 1.29 is 4.74 Å². The van der Waals surface area contributed by atoms with Gasteiger partial charge in [0.2, 0.25) is 0 Å². The summed E-state index contributed by atoms with van der Waals surface area (Å²) in [6.45, 7) is 11.0. The van der Waals surface area contributed by atoms with Crippen molar-refractivity contribution in [3.05, 3.63) is 41.5 Å². The lowest BCUT2D eigenvalue weighted by Gasteiger charge is -2.41. The van der Waals surface area contributed by atoms with Crippen LogP contribution in [0.3, 0.4) is 0 Å². The molecule has 1 aromatic heterocycles. The van der Waals surface area contributed by atoms with E-state index < -0.39 is 0 Å². The van der Waals surface area contributed by atoms with Crippen molar-refractivity contribution in [2.45, 2.75) is 58.5 Å². The zero-order chi connectivity index (χ0) is 23.0. The first-order valence-electron chi connectivity index (χ1n) is 11.6. The summed E-state index contributed by atoms with van der Waals surface area (Å²) in [5.41, 5.74) is 1.33. The second-order valence-electron chi connectivity index (χ2n) is 9.13. The minimum Gasteiger partial charge on any atom is -0.497 e. The van der Waals surface area contributed by atoms with Crippen LogP contribution in [0.4, 0.5) is 0 Å². The molecule has 8 nitrogen and oxygen atoms in total. The first-order valence-corrected chi connectivity index (χ1v) is 11.6. The van der Waals surface area contributed by atoms with Crippen molar-refractivity contribution in [2.24, 2.45) is 12.0 Å². The predicted octanol–water partition coefficient (Wildman–Crippen LogP) is 2.67. The number of aryl methyl sites for hydroxylation is 1. The molecule has 1 aliphatic heterocycles. The standard InChI is InChI=1S/C24H39N7O/c1-19-28-29-22(30(19)4)17-26-23(25-14-13-20-9-11-21(32-5)12-10-20)27-18-24(2,3)31-15-7-6-8-16-31/h9-12H,6-8,13-18H2,1-5H3,(H2,25,26,27). The highest BCUT2D eigenvalue weighted by Gasteiger charge is 2.28.